The molecule has 0 radical (unpaired) electrons. The minimum absolute atomic E-state index is 0.885. The molecule has 22 heavy (non-hydrogen) atoms. The van der Waals surface area contributed by atoms with Crippen LogP contribution in [-0.4, -0.2) is 0 Å². The summed E-state index contributed by atoms with van der Waals surface area (Å²) in [6, 6.07) is 0. The molecule has 0 aliphatic heterocycles. The van der Waals surface area contributed by atoms with Crippen LogP contribution >= 0.6 is 0 Å². The largest absolute Gasteiger partial charge is 0.103 e. The van der Waals surface area contributed by atoms with Gasteiger partial charge in [-0.3, -0.25) is 0 Å². The van der Waals surface area contributed by atoms with E-state index in [9.17, 15) is 0 Å². The van der Waals surface area contributed by atoms with E-state index in [1.54, 1.807) is 0 Å². The smallest absolute Gasteiger partial charge is 0.0233 e. The van der Waals surface area contributed by atoms with Crippen molar-refractivity contribution in [3.8, 4) is 0 Å². The Labute approximate surface area is 139 Å². The van der Waals surface area contributed by atoms with E-state index in [4.69, 9.17) is 0 Å². The third kappa shape index (κ3) is 6.31. The molecule has 0 nitrogen and oxygen atoms in total. The highest BCUT2D eigenvalue weighted by Gasteiger charge is 2.20. The summed E-state index contributed by atoms with van der Waals surface area (Å²) in [4.78, 5) is 0. The zero-order chi connectivity index (χ0) is 15.6. The predicted molar refractivity (Wildman–Crippen MR) is 99.0 cm³/mol. The van der Waals surface area contributed by atoms with E-state index < -0.39 is 0 Å². The van der Waals surface area contributed by atoms with Gasteiger partial charge in [0.1, 0.15) is 0 Å². The maximum Gasteiger partial charge on any atom is -0.0233 e. The fraction of sp³-hybridized carbons (Fsp3) is 0.818. The maximum atomic E-state index is 3.85. The molecule has 0 unspecified atom stereocenters. The van der Waals surface area contributed by atoms with Gasteiger partial charge in [-0.1, -0.05) is 57.3 Å². The van der Waals surface area contributed by atoms with E-state index in [-0.39, 0.29) is 0 Å². The van der Waals surface area contributed by atoms with Crippen molar-refractivity contribution in [3.05, 3.63) is 24.8 Å². The van der Waals surface area contributed by atoms with Gasteiger partial charge in [-0.2, -0.15) is 0 Å². The Kier molecular flexibility index (Phi) is 8.34. The van der Waals surface area contributed by atoms with Gasteiger partial charge in [0, 0.05) is 0 Å². The van der Waals surface area contributed by atoms with Gasteiger partial charge in [-0.15, -0.1) is 6.58 Å². The number of hydrogen-bond donors (Lipinski definition) is 0. The summed E-state index contributed by atoms with van der Waals surface area (Å²) in [6.07, 6.45) is 25.7. The highest BCUT2D eigenvalue weighted by Crippen LogP contribution is 2.34. The van der Waals surface area contributed by atoms with E-state index in [1.807, 2.05) is 0 Å². The Morgan fingerprint density at radius 1 is 0.773 bits per heavy atom. The van der Waals surface area contributed by atoms with Gasteiger partial charge in [0.05, 0.1) is 0 Å². The highest BCUT2D eigenvalue weighted by atomic mass is 14.3. The molecule has 0 spiro atoms. The average Bonchev–Trinajstić information content (AvgIpc) is 2.58. The van der Waals surface area contributed by atoms with Crippen LogP contribution in [0.2, 0.25) is 0 Å². The Hall–Kier alpha value is -0.520. The van der Waals surface area contributed by atoms with E-state index in [2.05, 4.69) is 31.7 Å². The second-order valence-electron chi connectivity index (χ2n) is 7.95. The SMILES string of the molecule is C=CCCC1CCC(/C=C/CCC2CCC(CC)CC2)CC1. The monoisotopic (exact) mass is 302 g/mol. The molecule has 0 aromatic carbocycles. The van der Waals surface area contributed by atoms with Crippen LogP contribution in [0.1, 0.15) is 90.4 Å². The van der Waals surface area contributed by atoms with Crippen LogP contribution in [0, 0.1) is 23.7 Å². The van der Waals surface area contributed by atoms with Crippen LogP contribution in [0.4, 0.5) is 0 Å². The molecule has 0 atom stereocenters. The molecule has 2 rings (SSSR count). The van der Waals surface area contributed by atoms with Crippen molar-refractivity contribution in [1.29, 1.82) is 0 Å². The molecule has 126 valence electrons. The first-order valence-electron chi connectivity index (χ1n) is 10.1. The molecule has 2 aliphatic rings. The lowest BCUT2D eigenvalue weighted by Gasteiger charge is -2.28. The van der Waals surface area contributed by atoms with Gasteiger partial charge in [-0.25, -0.2) is 0 Å². The zero-order valence-electron chi connectivity index (χ0n) is 14.9. The van der Waals surface area contributed by atoms with E-state index in [0.717, 1.165) is 23.7 Å². The van der Waals surface area contributed by atoms with Gasteiger partial charge >= 0.3 is 0 Å². The maximum absolute atomic E-state index is 3.85. The minimum Gasteiger partial charge on any atom is -0.103 e. The fourth-order valence-corrected chi connectivity index (χ4v) is 4.57. The summed E-state index contributed by atoms with van der Waals surface area (Å²) >= 11 is 0. The van der Waals surface area contributed by atoms with Crippen LogP contribution in [0.3, 0.4) is 0 Å². The summed E-state index contributed by atoms with van der Waals surface area (Å²) in [6.45, 7) is 6.21. The Morgan fingerprint density at radius 3 is 1.91 bits per heavy atom. The van der Waals surface area contributed by atoms with Crippen molar-refractivity contribution in [2.24, 2.45) is 23.7 Å². The third-order valence-electron chi connectivity index (χ3n) is 6.36. The lowest BCUT2D eigenvalue weighted by atomic mass is 9.78. The topological polar surface area (TPSA) is 0 Å². The molecular formula is C22H38. The van der Waals surface area contributed by atoms with E-state index >= 15 is 0 Å². The number of hydrogen-bond acceptors (Lipinski definition) is 0. The van der Waals surface area contributed by atoms with Crippen molar-refractivity contribution in [2.45, 2.75) is 90.4 Å². The molecule has 0 N–H and O–H groups in total. The average molecular weight is 303 g/mol. The van der Waals surface area contributed by atoms with Gasteiger partial charge in [0.15, 0.2) is 0 Å². The summed E-state index contributed by atoms with van der Waals surface area (Å²) < 4.78 is 0. The molecular weight excluding hydrogens is 264 g/mol. The summed E-state index contributed by atoms with van der Waals surface area (Å²) in [7, 11) is 0. The van der Waals surface area contributed by atoms with Crippen molar-refractivity contribution < 1.29 is 0 Å². The van der Waals surface area contributed by atoms with Gasteiger partial charge in [-0.05, 0) is 75.0 Å². The first kappa shape index (κ1) is 17.8. The second kappa shape index (κ2) is 10.3. The first-order chi connectivity index (χ1) is 10.8. The molecule has 0 heteroatoms. The van der Waals surface area contributed by atoms with Crippen molar-refractivity contribution >= 4 is 0 Å². The Bertz CT molecular complexity index is 311. The number of rotatable bonds is 8. The molecule has 2 fully saturated rings. The highest BCUT2D eigenvalue weighted by molar-refractivity contribution is 4.92. The van der Waals surface area contributed by atoms with Gasteiger partial charge < -0.3 is 0 Å². The van der Waals surface area contributed by atoms with Crippen LogP contribution in [-0.2, 0) is 0 Å². The lowest BCUT2D eigenvalue weighted by molar-refractivity contribution is 0.259. The molecule has 2 saturated carbocycles. The van der Waals surface area contributed by atoms with Crippen molar-refractivity contribution in [2.75, 3.05) is 0 Å². The van der Waals surface area contributed by atoms with E-state index in [1.165, 1.54) is 83.5 Å². The molecule has 0 heterocycles. The number of allylic oxidation sites excluding steroid dienone is 3. The lowest BCUT2D eigenvalue weighted by Crippen LogP contribution is -2.14. The predicted octanol–water partition coefficient (Wildman–Crippen LogP) is 7.31. The van der Waals surface area contributed by atoms with E-state index in [0.29, 0.717) is 0 Å². The second-order valence-corrected chi connectivity index (χ2v) is 7.95. The quantitative estimate of drug-likeness (QED) is 0.412. The van der Waals surface area contributed by atoms with Crippen LogP contribution in [0.5, 0.6) is 0 Å². The van der Waals surface area contributed by atoms with Crippen molar-refractivity contribution in [1.82, 2.24) is 0 Å². The molecule has 2 aliphatic carbocycles. The normalized spacial score (nSPS) is 33.1. The van der Waals surface area contributed by atoms with Crippen LogP contribution < -0.4 is 0 Å². The van der Waals surface area contributed by atoms with Gasteiger partial charge in [0.25, 0.3) is 0 Å². The first-order valence-corrected chi connectivity index (χ1v) is 10.1. The Balaban J connectivity index is 1.54. The molecule has 0 amide bonds. The molecule has 0 bridgehead atoms. The molecule has 0 saturated heterocycles. The minimum atomic E-state index is 0.885. The van der Waals surface area contributed by atoms with Gasteiger partial charge in [0.2, 0.25) is 0 Å². The summed E-state index contributed by atoms with van der Waals surface area (Å²) in [5.41, 5.74) is 0. The summed E-state index contributed by atoms with van der Waals surface area (Å²) in [5, 5.41) is 0. The molecule has 0 aromatic heterocycles. The fourth-order valence-electron chi connectivity index (χ4n) is 4.57. The Morgan fingerprint density at radius 2 is 1.32 bits per heavy atom. The van der Waals surface area contributed by atoms with Crippen molar-refractivity contribution in [3.63, 3.8) is 0 Å². The standard InChI is InChI=1S/C22H38/c1-3-5-8-20-15-17-22(18-16-20)10-7-6-9-21-13-11-19(4-2)12-14-21/h3,7,10,19-22H,1,4-6,8-9,11-18H2,2H3/b10-7+. The van der Waals surface area contributed by atoms with Crippen LogP contribution in [0.15, 0.2) is 24.8 Å². The zero-order valence-corrected chi connectivity index (χ0v) is 14.9. The van der Waals surface area contributed by atoms with Crippen LogP contribution in [0.25, 0.3) is 0 Å². The molecule has 0 aromatic rings. The third-order valence-corrected chi connectivity index (χ3v) is 6.36. The summed E-state index contributed by atoms with van der Waals surface area (Å²) in [5.74, 6) is 3.94.